The third-order valence-corrected chi connectivity index (χ3v) is 6.06. The van der Waals surface area contributed by atoms with Crippen LogP contribution in [0.5, 0.6) is 0 Å². The molecule has 2 aliphatic carbocycles. The highest BCUT2D eigenvalue weighted by molar-refractivity contribution is 5.84. The number of amides is 1. The average Bonchev–Trinajstić information content (AvgIpc) is 2.89. The van der Waals surface area contributed by atoms with E-state index < -0.39 is 0 Å². The number of allylic oxidation sites excluding steroid dienone is 2. The number of hydrogen-bond acceptors (Lipinski definition) is 1. The Hall–Kier alpha value is -0.790. The van der Waals surface area contributed by atoms with Crippen molar-refractivity contribution in [1.29, 1.82) is 0 Å². The zero-order chi connectivity index (χ0) is 16.7. The van der Waals surface area contributed by atoms with Crippen LogP contribution in [0.25, 0.3) is 0 Å². The third kappa shape index (κ3) is 3.58. The fourth-order valence-electron chi connectivity index (χ4n) is 4.49. The van der Waals surface area contributed by atoms with Gasteiger partial charge in [0.05, 0.1) is 5.92 Å². The molecule has 2 heteroatoms. The van der Waals surface area contributed by atoms with Gasteiger partial charge in [-0.2, -0.15) is 0 Å². The predicted molar refractivity (Wildman–Crippen MR) is 93.5 cm³/mol. The Morgan fingerprint density at radius 2 is 1.86 bits per heavy atom. The first kappa shape index (κ1) is 17.6. The molecule has 5 atom stereocenters. The second kappa shape index (κ2) is 6.37. The van der Waals surface area contributed by atoms with Crippen molar-refractivity contribution in [2.45, 2.75) is 73.8 Å². The van der Waals surface area contributed by atoms with Crippen molar-refractivity contribution >= 4 is 5.91 Å². The Balaban J connectivity index is 2.03. The summed E-state index contributed by atoms with van der Waals surface area (Å²) in [4.78, 5) is 12.8. The summed E-state index contributed by atoms with van der Waals surface area (Å²) in [6.45, 7) is 15.6. The molecule has 0 aliphatic heterocycles. The Morgan fingerprint density at radius 3 is 2.41 bits per heavy atom. The summed E-state index contributed by atoms with van der Waals surface area (Å²) in [6, 6.07) is 0.375. The van der Waals surface area contributed by atoms with Crippen molar-refractivity contribution in [3.8, 4) is 0 Å². The van der Waals surface area contributed by atoms with Crippen LogP contribution in [-0.2, 0) is 4.79 Å². The third-order valence-electron chi connectivity index (χ3n) is 6.06. The van der Waals surface area contributed by atoms with Crippen LogP contribution in [0.4, 0.5) is 0 Å². The van der Waals surface area contributed by atoms with Gasteiger partial charge < -0.3 is 5.32 Å². The van der Waals surface area contributed by atoms with Crippen LogP contribution in [0.3, 0.4) is 0 Å². The average molecular weight is 306 g/mol. The Bertz CT molecular complexity index is 445. The summed E-state index contributed by atoms with van der Waals surface area (Å²) in [5.41, 5.74) is 1.44. The summed E-state index contributed by atoms with van der Waals surface area (Å²) in [7, 11) is 0. The van der Waals surface area contributed by atoms with Crippen molar-refractivity contribution in [2.24, 2.45) is 35.0 Å². The van der Waals surface area contributed by atoms with Crippen LogP contribution in [0.1, 0.15) is 67.7 Å². The van der Waals surface area contributed by atoms with Gasteiger partial charge in [-0.05, 0) is 55.8 Å². The van der Waals surface area contributed by atoms with Crippen molar-refractivity contribution in [2.75, 3.05) is 0 Å². The quantitative estimate of drug-likeness (QED) is 0.743. The van der Waals surface area contributed by atoms with E-state index in [9.17, 15) is 4.79 Å². The first-order chi connectivity index (χ1) is 10.1. The van der Waals surface area contributed by atoms with E-state index in [0.717, 1.165) is 12.3 Å². The smallest absolute Gasteiger partial charge is 0.224 e. The van der Waals surface area contributed by atoms with Gasteiger partial charge in [0.15, 0.2) is 0 Å². The summed E-state index contributed by atoms with van der Waals surface area (Å²) in [5, 5.41) is 3.43. The number of carbonyl (C=O) groups excluding carboxylic acids is 1. The van der Waals surface area contributed by atoms with E-state index in [4.69, 9.17) is 0 Å². The lowest BCUT2D eigenvalue weighted by Gasteiger charge is -2.38. The molecule has 0 aromatic carbocycles. The summed E-state index contributed by atoms with van der Waals surface area (Å²) in [5.74, 6) is 2.89. The van der Waals surface area contributed by atoms with Gasteiger partial charge in [-0.25, -0.2) is 0 Å². The molecule has 1 unspecified atom stereocenters. The van der Waals surface area contributed by atoms with E-state index in [0.29, 0.717) is 23.8 Å². The molecule has 2 nitrogen and oxygen atoms in total. The lowest BCUT2D eigenvalue weighted by atomic mass is 9.74. The number of nitrogens with one attached hydrogen (secondary N) is 1. The van der Waals surface area contributed by atoms with Gasteiger partial charge >= 0.3 is 0 Å². The van der Waals surface area contributed by atoms with E-state index in [2.05, 4.69) is 59.9 Å². The highest BCUT2D eigenvalue weighted by atomic mass is 16.2. The monoisotopic (exact) mass is 305 g/mol. The van der Waals surface area contributed by atoms with Gasteiger partial charge in [-0.3, -0.25) is 4.79 Å². The van der Waals surface area contributed by atoms with Crippen LogP contribution >= 0.6 is 0 Å². The molecule has 0 heterocycles. The van der Waals surface area contributed by atoms with Gasteiger partial charge in [0.25, 0.3) is 0 Å². The van der Waals surface area contributed by atoms with E-state index >= 15 is 0 Å². The highest BCUT2D eigenvalue weighted by Crippen LogP contribution is 2.59. The van der Waals surface area contributed by atoms with Gasteiger partial charge in [-0.1, -0.05) is 52.7 Å². The van der Waals surface area contributed by atoms with Gasteiger partial charge in [0.1, 0.15) is 0 Å². The Morgan fingerprint density at radius 1 is 1.23 bits per heavy atom. The molecule has 0 bridgehead atoms. The molecular formula is C20H35NO. The van der Waals surface area contributed by atoms with Crippen molar-refractivity contribution in [3.63, 3.8) is 0 Å². The Kier molecular flexibility index (Phi) is 5.09. The molecular weight excluding hydrogens is 270 g/mol. The van der Waals surface area contributed by atoms with Crippen LogP contribution in [0.15, 0.2) is 11.6 Å². The molecule has 22 heavy (non-hydrogen) atoms. The van der Waals surface area contributed by atoms with Crippen LogP contribution in [0, 0.1) is 35.0 Å². The largest absolute Gasteiger partial charge is 0.353 e. The van der Waals surface area contributed by atoms with Crippen molar-refractivity contribution in [1.82, 2.24) is 5.32 Å². The van der Waals surface area contributed by atoms with Gasteiger partial charge in [-0.15, -0.1) is 0 Å². The number of carbonyl (C=O) groups is 1. The molecule has 1 N–H and O–H groups in total. The second-order valence-electron chi connectivity index (χ2n) is 9.01. The van der Waals surface area contributed by atoms with Crippen LogP contribution in [0.2, 0.25) is 0 Å². The number of hydrogen-bond donors (Lipinski definition) is 1. The van der Waals surface area contributed by atoms with Crippen LogP contribution in [-0.4, -0.2) is 11.9 Å². The maximum atomic E-state index is 12.8. The molecule has 2 fully saturated rings. The minimum Gasteiger partial charge on any atom is -0.353 e. The molecule has 126 valence electrons. The maximum absolute atomic E-state index is 12.8. The van der Waals surface area contributed by atoms with E-state index in [1.54, 1.807) is 0 Å². The molecule has 0 saturated heterocycles. The number of rotatable bonds is 4. The topological polar surface area (TPSA) is 29.1 Å². The summed E-state index contributed by atoms with van der Waals surface area (Å²) in [6.07, 6.45) is 6.00. The first-order valence-corrected chi connectivity index (χ1v) is 9.10. The van der Waals surface area contributed by atoms with E-state index in [1.165, 1.54) is 18.4 Å². The molecule has 2 rings (SSSR count). The van der Waals surface area contributed by atoms with Crippen LogP contribution < -0.4 is 5.32 Å². The van der Waals surface area contributed by atoms with Gasteiger partial charge in [0.2, 0.25) is 5.91 Å². The maximum Gasteiger partial charge on any atom is 0.224 e. The van der Waals surface area contributed by atoms with E-state index in [-0.39, 0.29) is 17.2 Å². The van der Waals surface area contributed by atoms with E-state index in [1.807, 2.05) is 0 Å². The van der Waals surface area contributed by atoms with Crippen molar-refractivity contribution < 1.29 is 4.79 Å². The zero-order valence-corrected chi connectivity index (χ0v) is 15.6. The fraction of sp³-hybridized carbons (Fsp3) is 0.850. The molecule has 2 saturated carbocycles. The molecule has 0 radical (unpaired) electrons. The van der Waals surface area contributed by atoms with Gasteiger partial charge in [0, 0.05) is 6.04 Å². The minimum atomic E-state index is 0.120. The Labute approximate surface area is 137 Å². The predicted octanol–water partition coefficient (Wildman–Crippen LogP) is 4.80. The molecule has 0 aromatic heterocycles. The second-order valence-corrected chi connectivity index (χ2v) is 9.01. The normalized spacial score (nSPS) is 36.8. The van der Waals surface area contributed by atoms with Crippen molar-refractivity contribution in [3.05, 3.63) is 11.6 Å². The standard InChI is InChI=1S/C20H35NO/c1-12(2)10-16-18(20(16,6)7)19(22)21-17-11-14(5)8-9-15(17)13(3)4/h10,13-18H,8-9,11H2,1-7H3,(H,21,22)/t14?,15-,16-,17-,18+/m0/s1. The summed E-state index contributed by atoms with van der Waals surface area (Å²) < 4.78 is 0. The molecule has 2 aliphatic rings. The minimum absolute atomic E-state index is 0.120. The molecule has 0 aromatic rings. The fourth-order valence-corrected chi connectivity index (χ4v) is 4.49. The molecule has 0 spiro atoms. The molecule has 1 amide bonds. The lowest BCUT2D eigenvalue weighted by Crippen LogP contribution is -2.46. The summed E-state index contributed by atoms with van der Waals surface area (Å²) >= 11 is 0. The highest BCUT2D eigenvalue weighted by Gasteiger charge is 2.60. The lowest BCUT2D eigenvalue weighted by molar-refractivity contribution is -0.124. The zero-order valence-electron chi connectivity index (χ0n) is 15.6. The SMILES string of the molecule is CC(C)=C[C@H]1[C@H](C(=O)N[C@H]2CC(C)CC[C@H]2C(C)C)C1(C)C. The first-order valence-electron chi connectivity index (χ1n) is 9.10.